The average molecular weight is 430 g/mol. The summed E-state index contributed by atoms with van der Waals surface area (Å²) in [6.45, 7) is 3.69. The second kappa shape index (κ2) is 11.7. The van der Waals surface area contributed by atoms with Crippen molar-refractivity contribution in [2.24, 2.45) is 0 Å². The van der Waals surface area contributed by atoms with Gasteiger partial charge in [0, 0.05) is 24.9 Å². The van der Waals surface area contributed by atoms with Gasteiger partial charge in [-0.05, 0) is 53.8 Å². The van der Waals surface area contributed by atoms with E-state index in [4.69, 9.17) is 14.7 Å². The second-order valence-electron chi connectivity index (χ2n) is 6.93. The second-order valence-corrected chi connectivity index (χ2v) is 6.93. The molecular formula is C23H27FN2O5. The Balaban J connectivity index is 2.53. The highest BCUT2D eigenvalue weighted by Gasteiger charge is 2.27. The Morgan fingerprint density at radius 2 is 1.68 bits per heavy atom. The molecule has 0 saturated heterocycles. The summed E-state index contributed by atoms with van der Waals surface area (Å²) in [5.74, 6) is -0.727. The van der Waals surface area contributed by atoms with E-state index >= 15 is 0 Å². The molecule has 0 heterocycles. The fourth-order valence-electron chi connectivity index (χ4n) is 3.47. The standard InChI is InChI=1S/C23H27FN2O5/c1-4-22(27)25-14-21(15-5-7-17(24)8-6-15)20(9-10-23(28)26-29)16-11-18(30-2)13-19(12-16)31-3/h4-8,11-13,20-21,29H,1,9-10,14H2,2-3H3,(H,25,27)(H,26,28). The van der Waals surface area contributed by atoms with E-state index in [-0.39, 0.29) is 36.5 Å². The van der Waals surface area contributed by atoms with Crippen molar-refractivity contribution in [3.63, 3.8) is 0 Å². The lowest BCUT2D eigenvalue weighted by Gasteiger charge is -2.29. The molecule has 2 aromatic carbocycles. The number of ether oxygens (including phenoxy) is 2. The molecule has 0 aliphatic carbocycles. The van der Waals surface area contributed by atoms with Gasteiger partial charge in [-0.3, -0.25) is 14.8 Å². The van der Waals surface area contributed by atoms with Gasteiger partial charge in [-0.2, -0.15) is 0 Å². The van der Waals surface area contributed by atoms with Crippen molar-refractivity contribution in [1.29, 1.82) is 0 Å². The monoisotopic (exact) mass is 430 g/mol. The van der Waals surface area contributed by atoms with Crippen molar-refractivity contribution >= 4 is 11.8 Å². The summed E-state index contributed by atoms with van der Waals surface area (Å²) < 4.78 is 24.3. The molecule has 7 nitrogen and oxygen atoms in total. The van der Waals surface area contributed by atoms with Gasteiger partial charge in [-0.1, -0.05) is 18.7 Å². The van der Waals surface area contributed by atoms with Crippen molar-refractivity contribution in [1.82, 2.24) is 10.8 Å². The molecule has 2 unspecified atom stereocenters. The van der Waals surface area contributed by atoms with Crippen molar-refractivity contribution < 1.29 is 28.7 Å². The number of nitrogens with one attached hydrogen (secondary N) is 2. The van der Waals surface area contributed by atoms with Gasteiger partial charge in [-0.15, -0.1) is 0 Å². The van der Waals surface area contributed by atoms with Crippen LogP contribution in [0.4, 0.5) is 4.39 Å². The highest BCUT2D eigenvalue weighted by atomic mass is 19.1. The first kappa shape index (κ1) is 23.9. The first-order valence-electron chi connectivity index (χ1n) is 9.73. The molecule has 0 fully saturated rings. The summed E-state index contributed by atoms with van der Waals surface area (Å²) in [6.07, 6.45) is 1.55. The van der Waals surface area contributed by atoms with Crippen LogP contribution in [0.1, 0.15) is 35.8 Å². The molecule has 2 aromatic rings. The lowest BCUT2D eigenvalue weighted by Crippen LogP contribution is -2.30. The zero-order valence-electron chi connectivity index (χ0n) is 17.6. The Labute approximate surface area is 180 Å². The SMILES string of the molecule is C=CC(=O)NCC(c1ccc(F)cc1)C(CCC(=O)NO)c1cc(OC)cc(OC)c1. The Morgan fingerprint density at radius 1 is 1.06 bits per heavy atom. The molecule has 2 amide bonds. The average Bonchev–Trinajstić information content (AvgIpc) is 2.80. The van der Waals surface area contributed by atoms with E-state index in [1.54, 1.807) is 23.7 Å². The summed E-state index contributed by atoms with van der Waals surface area (Å²) in [7, 11) is 3.07. The summed E-state index contributed by atoms with van der Waals surface area (Å²) >= 11 is 0. The summed E-state index contributed by atoms with van der Waals surface area (Å²) in [6, 6.07) is 11.4. The molecule has 0 bridgehead atoms. The minimum atomic E-state index is -0.534. The van der Waals surface area contributed by atoms with Gasteiger partial charge in [0.15, 0.2) is 0 Å². The number of hydrogen-bond acceptors (Lipinski definition) is 5. The number of rotatable bonds is 11. The molecule has 0 aliphatic rings. The first-order chi connectivity index (χ1) is 14.9. The normalized spacial score (nSPS) is 12.4. The van der Waals surface area contributed by atoms with E-state index in [9.17, 15) is 14.0 Å². The van der Waals surface area contributed by atoms with Crippen molar-refractivity contribution in [3.05, 3.63) is 72.1 Å². The predicted octanol–water partition coefficient (Wildman–Crippen LogP) is 3.30. The van der Waals surface area contributed by atoms with E-state index in [1.165, 1.54) is 32.4 Å². The molecule has 2 atom stereocenters. The third-order valence-electron chi connectivity index (χ3n) is 5.07. The van der Waals surface area contributed by atoms with Crippen LogP contribution < -0.4 is 20.3 Å². The molecule has 166 valence electrons. The van der Waals surface area contributed by atoms with Crippen LogP contribution >= 0.6 is 0 Å². The Hall–Kier alpha value is -3.39. The van der Waals surface area contributed by atoms with E-state index < -0.39 is 5.91 Å². The maximum Gasteiger partial charge on any atom is 0.243 e. The molecule has 8 heteroatoms. The summed E-state index contributed by atoms with van der Waals surface area (Å²) in [4.78, 5) is 23.6. The van der Waals surface area contributed by atoms with Crippen LogP contribution in [0.5, 0.6) is 11.5 Å². The van der Waals surface area contributed by atoms with Crippen LogP contribution in [0.25, 0.3) is 0 Å². The first-order valence-corrected chi connectivity index (χ1v) is 9.73. The lowest BCUT2D eigenvalue weighted by molar-refractivity contribution is -0.129. The van der Waals surface area contributed by atoms with Crippen molar-refractivity contribution in [2.75, 3.05) is 20.8 Å². The van der Waals surface area contributed by atoms with Crippen LogP contribution in [-0.2, 0) is 9.59 Å². The summed E-state index contributed by atoms with van der Waals surface area (Å²) in [5, 5.41) is 11.7. The topological polar surface area (TPSA) is 96.9 Å². The van der Waals surface area contributed by atoms with E-state index in [2.05, 4.69) is 11.9 Å². The molecule has 0 spiro atoms. The number of halogens is 1. The summed E-state index contributed by atoms with van der Waals surface area (Å²) in [5.41, 5.74) is 3.23. The maximum absolute atomic E-state index is 13.5. The maximum atomic E-state index is 13.5. The molecule has 3 N–H and O–H groups in total. The molecule has 2 rings (SSSR count). The highest BCUT2D eigenvalue weighted by molar-refractivity contribution is 5.86. The van der Waals surface area contributed by atoms with Gasteiger partial charge in [0.25, 0.3) is 0 Å². The highest BCUT2D eigenvalue weighted by Crippen LogP contribution is 2.39. The minimum Gasteiger partial charge on any atom is -0.497 e. The largest absolute Gasteiger partial charge is 0.497 e. The van der Waals surface area contributed by atoms with E-state index in [1.807, 2.05) is 12.1 Å². The minimum absolute atomic E-state index is 0.0355. The third kappa shape index (κ3) is 6.82. The van der Waals surface area contributed by atoms with E-state index in [0.717, 1.165) is 11.1 Å². The van der Waals surface area contributed by atoms with Gasteiger partial charge in [-0.25, -0.2) is 9.87 Å². The molecule has 0 aromatic heterocycles. The molecule has 0 radical (unpaired) electrons. The number of hydrogen-bond donors (Lipinski definition) is 3. The lowest BCUT2D eigenvalue weighted by atomic mass is 9.78. The predicted molar refractivity (Wildman–Crippen MR) is 114 cm³/mol. The number of carbonyl (C=O) groups is 2. The number of benzene rings is 2. The number of carbonyl (C=O) groups excluding carboxylic acids is 2. The van der Waals surface area contributed by atoms with Gasteiger partial charge in [0.2, 0.25) is 11.8 Å². The van der Waals surface area contributed by atoms with Crippen LogP contribution in [-0.4, -0.2) is 37.8 Å². The zero-order valence-corrected chi connectivity index (χ0v) is 17.6. The molecule has 0 saturated carbocycles. The van der Waals surface area contributed by atoms with Crippen LogP contribution in [0, 0.1) is 5.82 Å². The van der Waals surface area contributed by atoms with Gasteiger partial charge >= 0.3 is 0 Å². The third-order valence-corrected chi connectivity index (χ3v) is 5.07. The molecule has 0 aliphatic heterocycles. The van der Waals surface area contributed by atoms with Crippen molar-refractivity contribution in [2.45, 2.75) is 24.7 Å². The van der Waals surface area contributed by atoms with Crippen LogP contribution in [0.15, 0.2) is 55.1 Å². The molecule has 31 heavy (non-hydrogen) atoms. The Kier molecular flexibility index (Phi) is 9.02. The Morgan fingerprint density at radius 3 is 2.19 bits per heavy atom. The van der Waals surface area contributed by atoms with Crippen LogP contribution in [0.3, 0.4) is 0 Å². The Bertz CT molecular complexity index is 879. The van der Waals surface area contributed by atoms with Gasteiger partial charge in [0.05, 0.1) is 14.2 Å². The van der Waals surface area contributed by atoms with Gasteiger partial charge < -0.3 is 14.8 Å². The van der Waals surface area contributed by atoms with Crippen LogP contribution in [0.2, 0.25) is 0 Å². The smallest absolute Gasteiger partial charge is 0.243 e. The van der Waals surface area contributed by atoms with E-state index in [0.29, 0.717) is 17.9 Å². The quantitative estimate of drug-likeness (QED) is 0.289. The number of amides is 2. The fraction of sp³-hybridized carbons (Fsp3) is 0.304. The van der Waals surface area contributed by atoms with Crippen molar-refractivity contribution in [3.8, 4) is 11.5 Å². The fourth-order valence-corrected chi connectivity index (χ4v) is 3.47. The number of hydroxylamine groups is 1. The number of methoxy groups -OCH3 is 2. The molecular weight excluding hydrogens is 403 g/mol. The zero-order chi connectivity index (χ0) is 22.8. The van der Waals surface area contributed by atoms with Gasteiger partial charge in [0.1, 0.15) is 17.3 Å².